The topological polar surface area (TPSA) is 54.5 Å². The van der Waals surface area contributed by atoms with E-state index in [0.29, 0.717) is 24.9 Å². The molecule has 2 atom stereocenters. The molecule has 2 amide bonds. The van der Waals surface area contributed by atoms with Crippen LogP contribution in [0.15, 0.2) is 42.5 Å². The third-order valence-corrected chi connectivity index (χ3v) is 6.17. The van der Waals surface area contributed by atoms with Crippen LogP contribution in [0.25, 0.3) is 0 Å². The number of anilines is 1. The summed E-state index contributed by atoms with van der Waals surface area (Å²) in [5, 5.41) is 3.01. The number of carbonyl (C=O) groups excluding carboxylic acids is 1. The summed E-state index contributed by atoms with van der Waals surface area (Å²) < 4.78 is 5.80. The molecule has 0 saturated carbocycles. The van der Waals surface area contributed by atoms with Gasteiger partial charge in [0.1, 0.15) is 5.82 Å². The van der Waals surface area contributed by atoms with E-state index in [9.17, 15) is 4.79 Å². The van der Waals surface area contributed by atoms with Crippen molar-refractivity contribution in [3.63, 3.8) is 0 Å². The lowest BCUT2D eigenvalue weighted by Crippen LogP contribution is -2.38. The van der Waals surface area contributed by atoms with E-state index < -0.39 is 0 Å². The first kappa shape index (κ1) is 15.8. The van der Waals surface area contributed by atoms with E-state index >= 15 is 0 Å². The van der Waals surface area contributed by atoms with E-state index in [2.05, 4.69) is 40.6 Å². The Morgan fingerprint density at radius 1 is 1.19 bits per heavy atom. The van der Waals surface area contributed by atoms with E-state index in [0.717, 1.165) is 38.1 Å². The molecule has 2 fully saturated rings. The molecule has 1 aromatic heterocycles. The molecule has 0 radical (unpaired) electrons. The maximum Gasteiger partial charge on any atom is 0.323 e. The molecule has 26 heavy (non-hydrogen) atoms. The number of ether oxygens (including phenoxy) is 1. The lowest BCUT2D eigenvalue weighted by atomic mass is 9.75. The van der Waals surface area contributed by atoms with Gasteiger partial charge in [-0.1, -0.05) is 36.4 Å². The van der Waals surface area contributed by atoms with Crippen molar-refractivity contribution in [2.24, 2.45) is 5.92 Å². The number of aryl methyl sites for hydroxylation is 2. The van der Waals surface area contributed by atoms with Crippen molar-refractivity contribution in [2.45, 2.75) is 24.7 Å². The molecule has 2 aromatic rings. The van der Waals surface area contributed by atoms with Crippen molar-refractivity contribution >= 4 is 11.8 Å². The number of nitrogens with zero attached hydrogens (tertiary/aromatic N) is 2. The van der Waals surface area contributed by atoms with Gasteiger partial charge in [0.25, 0.3) is 0 Å². The standard InChI is InChI=1S/C21H23N3O2/c25-20(23-19-10-9-15-5-4-8-18(15)22-19)24-11-17-12-26-14-21(17,13-24)16-6-2-1-3-7-16/h1-3,6-7,9-10,17H,4-5,8,11-14H2,(H,22,23,25)/t17-,21+/m1/s1. The first-order valence-corrected chi connectivity index (χ1v) is 9.43. The maximum atomic E-state index is 12.9. The van der Waals surface area contributed by atoms with Crippen LogP contribution in [0.3, 0.4) is 0 Å². The molecule has 2 aliphatic heterocycles. The molecule has 1 aliphatic carbocycles. The van der Waals surface area contributed by atoms with Gasteiger partial charge < -0.3 is 9.64 Å². The van der Waals surface area contributed by atoms with Gasteiger partial charge in [-0.05, 0) is 36.5 Å². The highest BCUT2D eigenvalue weighted by Crippen LogP contribution is 2.43. The van der Waals surface area contributed by atoms with Crippen LogP contribution < -0.4 is 5.32 Å². The van der Waals surface area contributed by atoms with Gasteiger partial charge in [0.05, 0.1) is 13.2 Å². The van der Waals surface area contributed by atoms with Gasteiger partial charge in [0.15, 0.2) is 0 Å². The van der Waals surface area contributed by atoms with E-state index in [4.69, 9.17) is 4.74 Å². The van der Waals surface area contributed by atoms with Gasteiger partial charge in [-0.15, -0.1) is 0 Å². The van der Waals surface area contributed by atoms with E-state index in [1.54, 1.807) is 0 Å². The third kappa shape index (κ3) is 2.50. The molecular formula is C21H23N3O2. The van der Waals surface area contributed by atoms with Gasteiger partial charge >= 0.3 is 6.03 Å². The summed E-state index contributed by atoms with van der Waals surface area (Å²) in [5.74, 6) is 1.02. The predicted octanol–water partition coefficient (Wildman–Crippen LogP) is 3.00. The van der Waals surface area contributed by atoms with Crippen molar-refractivity contribution in [1.82, 2.24) is 9.88 Å². The molecule has 3 aliphatic rings. The van der Waals surface area contributed by atoms with Gasteiger partial charge in [0.2, 0.25) is 0 Å². The zero-order chi connectivity index (χ0) is 17.6. The Morgan fingerprint density at radius 2 is 2.08 bits per heavy atom. The molecule has 2 saturated heterocycles. The molecule has 1 aromatic carbocycles. The summed E-state index contributed by atoms with van der Waals surface area (Å²) in [4.78, 5) is 19.4. The lowest BCUT2D eigenvalue weighted by molar-refractivity contribution is 0.152. The van der Waals surface area contributed by atoms with E-state index in [1.807, 2.05) is 17.0 Å². The zero-order valence-electron chi connectivity index (χ0n) is 14.8. The summed E-state index contributed by atoms with van der Waals surface area (Å²) in [6.07, 6.45) is 3.27. The number of aromatic nitrogens is 1. The molecule has 1 N–H and O–H groups in total. The van der Waals surface area contributed by atoms with E-state index in [1.165, 1.54) is 11.1 Å². The number of hydrogen-bond acceptors (Lipinski definition) is 3. The number of likely N-dealkylation sites (tertiary alicyclic amines) is 1. The first-order valence-electron chi connectivity index (χ1n) is 9.43. The molecule has 0 spiro atoms. The number of rotatable bonds is 2. The summed E-state index contributed by atoms with van der Waals surface area (Å²) >= 11 is 0. The fraction of sp³-hybridized carbons (Fsp3) is 0.429. The van der Waals surface area contributed by atoms with Gasteiger partial charge in [0, 0.05) is 30.1 Å². The number of fused-ring (bicyclic) bond motifs is 2. The average molecular weight is 349 g/mol. The number of hydrogen-bond donors (Lipinski definition) is 1. The number of carbonyl (C=O) groups is 1. The minimum atomic E-state index is -0.0794. The lowest BCUT2D eigenvalue weighted by Gasteiger charge is -2.27. The zero-order valence-corrected chi connectivity index (χ0v) is 14.8. The van der Waals surface area contributed by atoms with Crippen LogP contribution in [0.1, 0.15) is 23.2 Å². The summed E-state index contributed by atoms with van der Waals surface area (Å²) in [6.45, 7) is 2.82. The maximum absolute atomic E-state index is 12.9. The summed E-state index contributed by atoms with van der Waals surface area (Å²) in [6, 6.07) is 14.5. The van der Waals surface area contributed by atoms with Crippen LogP contribution >= 0.6 is 0 Å². The van der Waals surface area contributed by atoms with Crippen LogP contribution in [0.5, 0.6) is 0 Å². The molecule has 0 bridgehead atoms. The second kappa shape index (κ2) is 6.09. The number of urea groups is 1. The Bertz CT molecular complexity index is 838. The number of nitrogens with one attached hydrogen (secondary N) is 1. The summed E-state index contributed by atoms with van der Waals surface area (Å²) in [7, 11) is 0. The van der Waals surface area contributed by atoms with Crippen molar-refractivity contribution in [3.8, 4) is 0 Å². The van der Waals surface area contributed by atoms with Crippen molar-refractivity contribution in [3.05, 3.63) is 59.3 Å². The van der Waals surface area contributed by atoms with E-state index in [-0.39, 0.29) is 11.4 Å². The van der Waals surface area contributed by atoms with Crippen molar-refractivity contribution in [1.29, 1.82) is 0 Å². The quantitative estimate of drug-likeness (QED) is 0.907. The second-order valence-electron chi connectivity index (χ2n) is 7.70. The smallest absolute Gasteiger partial charge is 0.323 e. The normalized spacial score (nSPS) is 26.6. The Hall–Kier alpha value is -2.40. The number of amides is 2. The largest absolute Gasteiger partial charge is 0.380 e. The van der Waals surface area contributed by atoms with Crippen molar-refractivity contribution < 1.29 is 9.53 Å². The van der Waals surface area contributed by atoms with Gasteiger partial charge in [-0.3, -0.25) is 5.32 Å². The molecule has 5 heteroatoms. The molecule has 3 heterocycles. The molecular weight excluding hydrogens is 326 g/mol. The first-order chi connectivity index (χ1) is 12.7. The number of benzene rings is 1. The Kier molecular flexibility index (Phi) is 3.71. The highest BCUT2D eigenvalue weighted by Gasteiger charge is 2.52. The highest BCUT2D eigenvalue weighted by molar-refractivity contribution is 5.88. The van der Waals surface area contributed by atoms with Crippen LogP contribution in [0.2, 0.25) is 0 Å². The van der Waals surface area contributed by atoms with Crippen LogP contribution in [0, 0.1) is 5.92 Å². The Morgan fingerprint density at radius 3 is 2.96 bits per heavy atom. The third-order valence-electron chi connectivity index (χ3n) is 6.17. The Labute approximate surface area is 153 Å². The minimum Gasteiger partial charge on any atom is -0.380 e. The SMILES string of the molecule is O=C(Nc1ccc2c(n1)CCC2)N1C[C@@H]2COC[C@]2(c2ccccc2)C1. The average Bonchev–Trinajstić information content (AvgIpc) is 3.36. The second-order valence-corrected chi connectivity index (χ2v) is 7.70. The summed E-state index contributed by atoms with van der Waals surface area (Å²) in [5.41, 5.74) is 3.65. The minimum absolute atomic E-state index is 0.0554. The van der Waals surface area contributed by atoms with Crippen LogP contribution in [-0.2, 0) is 23.0 Å². The van der Waals surface area contributed by atoms with Gasteiger partial charge in [-0.2, -0.15) is 0 Å². The highest BCUT2D eigenvalue weighted by atomic mass is 16.5. The Balaban J connectivity index is 1.34. The monoisotopic (exact) mass is 349 g/mol. The predicted molar refractivity (Wildman–Crippen MR) is 99.3 cm³/mol. The number of pyridine rings is 1. The molecule has 134 valence electrons. The van der Waals surface area contributed by atoms with Crippen LogP contribution in [-0.4, -0.2) is 42.2 Å². The molecule has 5 rings (SSSR count). The fourth-order valence-electron chi connectivity index (χ4n) is 4.75. The molecule has 5 nitrogen and oxygen atoms in total. The van der Waals surface area contributed by atoms with Crippen LogP contribution in [0.4, 0.5) is 10.6 Å². The fourth-order valence-corrected chi connectivity index (χ4v) is 4.75. The molecule has 0 unspecified atom stereocenters. The van der Waals surface area contributed by atoms with Crippen molar-refractivity contribution in [2.75, 3.05) is 31.6 Å². The van der Waals surface area contributed by atoms with Gasteiger partial charge in [-0.25, -0.2) is 9.78 Å².